The molecule has 7 N–H and O–H groups in total. The Bertz CT molecular complexity index is 837. The molecule has 8 heteroatoms. The van der Waals surface area contributed by atoms with E-state index < -0.39 is 0 Å². The summed E-state index contributed by atoms with van der Waals surface area (Å²) in [7, 11) is 0. The second kappa shape index (κ2) is 12.7. The van der Waals surface area contributed by atoms with Crippen molar-refractivity contribution >= 4 is 11.7 Å². The lowest BCUT2D eigenvalue weighted by Crippen LogP contribution is -2.60. The average Bonchev–Trinajstić information content (AvgIpc) is 3.32. The van der Waals surface area contributed by atoms with Crippen LogP contribution in [0.3, 0.4) is 0 Å². The predicted molar refractivity (Wildman–Crippen MR) is 156 cm³/mol. The van der Waals surface area contributed by atoms with Crippen molar-refractivity contribution in [3.05, 3.63) is 0 Å². The monoisotopic (exact) mass is 541 g/mol. The van der Waals surface area contributed by atoms with Gasteiger partial charge in [0.05, 0.1) is 11.9 Å². The van der Waals surface area contributed by atoms with E-state index in [2.05, 4.69) is 26.2 Å². The van der Waals surface area contributed by atoms with Gasteiger partial charge in [0.2, 0.25) is 5.91 Å². The van der Waals surface area contributed by atoms with Gasteiger partial charge in [-0.3, -0.25) is 31.1 Å². The van der Waals surface area contributed by atoms with Crippen molar-refractivity contribution in [2.45, 2.75) is 133 Å². The van der Waals surface area contributed by atoms with Crippen LogP contribution >= 0.6 is 0 Å². The molecule has 4 aliphatic carbocycles. The number of nitrogens with zero attached hydrogens (tertiary/aromatic N) is 1. The van der Waals surface area contributed by atoms with E-state index >= 15 is 0 Å². The van der Waals surface area contributed by atoms with Crippen molar-refractivity contribution in [1.29, 1.82) is 5.41 Å². The minimum absolute atomic E-state index is 0.00108. The van der Waals surface area contributed by atoms with E-state index in [4.69, 9.17) is 11.1 Å². The molecule has 0 radical (unpaired) electrons. The van der Waals surface area contributed by atoms with E-state index in [1.54, 1.807) is 0 Å². The zero-order valence-electron chi connectivity index (χ0n) is 24.1. The Balaban J connectivity index is 1.09. The second-order valence-electron chi connectivity index (χ2n) is 14.1. The van der Waals surface area contributed by atoms with Gasteiger partial charge in [-0.15, -0.1) is 0 Å². The van der Waals surface area contributed by atoms with Gasteiger partial charge in [-0.1, -0.05) is 32.1 Å². The number of likely N-dealkylation sites (tertiary alicyclic amines) is 1. The number of nitrogens with one attached hydrogen (secondary N) is 5. The lowest BCUT2D eigenvalue weighted by Gasteiger charge is -2.45. The fraction of sp³-hybridized carbons (Fsp3) is 0.935. The maximum atomic E-state index is 14.0. The minimum atomic E-state index is 0.00108. The van der Waals surface area contributed by atoms with Gasteiger partial charge < -0.3 is 11.1 Å². The topological polar surface area (TPSA) is 118 Å². The van der Waals surface area contributed by atoms with Gasteiger partial charge >= 0.3 is 0 Å². The number of amidine groups is 1. The maximum Gasteiger partial charge on any atom is 0.237 e. The first-order chi connectivity index (χ1) is 19.0. The molecular weight excluding hydrogens is 486 g/mol. The first kappa shape index (κ1) is 27.9. The first-order valence-electron chi connectivity index (χ1n) is 16.7. The number of amides is 1. The van der Waals surface area contributed by atoms with Crippen molar-refractivity contribution in [3.63, 3.8) is 0 Å². The summed E-state index contributed by atoms with van der Waals surface area (Å²) in [6.45, 7) is 3.24. The van der Waals surface area contributed by atoms with Crippen LogP contribution in [0.1, 0.15) is 103 Å². The molecule has 7 atom stereocenters. The minimum Gasteiger partial charge on any atom is -0.387 e. The molecule has 0 aromatic carbocycles. The first-order valence-corrected chi connectivity index (χ1v) is 16.7. The Morgan fingerprint density at radius 2 is 1.56 bits per heavy atom. The fourth-order valence-electron chi connectivity index (χ4n) is 9.62. The molecule has 39 heavy (non-hydrogen) atoms. The zero-order chi connectivity index (χ0) is 26.8. The quantitative estimate of drug-likeness (QED) is 0.218. The number of carbonyl (C=O) groups excluding carboxylic acids is 1. The van der Waals surface area contributed by atoms with Crippen molar-refractivity contribution < 1.29 is 4.79 Å². The van der Waals surface area contributed by atoms with Crippen LogP contribution < -0.4 is 27.0 Å². The smallest absolute Gasteiger partial charge is 0.237 e. The highest BCUT2D eigenvalue weighted by atomic mass is 16.2. The molecule has 220 valence electrons. The Kier molecular flexibility index (Phi) is 9.13. The van der Waals surface area contributed by atoms with Crippen molar-refractivity contribution in [2.75, 3.05) is 19.6 Å². The largest absolute Gasteiger partial charge is 0.387 e. The Morgan fingerprint density at radius 1 is 0.821 bits per heavy atom. The molecule has 4 saturated carbocycles. The molecule has 7 unspecified atom stereocenters. The van der Waals surface area contributed by atoms with Gasteiger partial charge in [-0.2, -0.15) is 0 Å². The SMILES string of the molecule is N=C(N)C1CCC2CC(C(=O)NC3CCC(NC4NCCCN4)CC3)N(CC3CCCC4CCCCC43)C2C1. The Hall–Kier alpha value is -1.22. The molecule has 0 aromatic heterocycles. The van der Waals surface area contributed by atoms with Crippen LogP contribution in [0.25, 0.3) is 0 Å². The molecule has 0 spiro atoms. The molecule has 6 aliphatic rings. The molecule has 2 saturated heterocycles. The highest BCUT2D eigenvalue weighted by Gasteiger charge is 2.49. The third-order valence-corrected chi connectivity index (χ3v) is 11.7. The van der Waals surface area contributed by atoms with Crippen molar-refractivity contribution in [1.82, 2.24) is 26.2 Å². The number of hydrogen-bond acceptors (Lipinski definition) is 6. The Morgan fingerprint density at radius 3 is 2.36 bits per heavy atom. The number of fused-ring (bicyclic) bond motifs is 2. The summed E-state index contributed by atoms with van der Waals surface area (Å²) >= 11 is 0. The third kappa shape index (κ3) is 6.49. The molecular formula is C31H55N7O. The summed E-state index contributed by atoms with van der Waals surface area (Å²) < 4.78 is 0. The van der Waals surface area contributed by atoms with E-state index in [-0.39, 0.29) is 24.2 Å². The molecule has 6 fully saturated rings. The van der Waals surface area contributed by atoms with Gasteiger partial charge in [0, 0.05) is 30.6 Å². The number of hydrogen-bond donors (Lipinski definition) is 6. The highest BCUT2D eigenvalue weighted by Crippen LogP contribution is 2.47. The van der Waals surface area contributed by atoms with Crippen molar-refractivity contribution in [2.24, 2.45) is 35.3 Å². The molecule has 0 aromatic rings. The van der Waals surface area contributed by atoms with Crippen LogP contribution in [0.15, 0.2) is 0 Å². The third-order valence-electron chi connectivity index (χ3n) is 11.7. The standard InChI is InChI=1S/C31H55N7O/c32-29(33)22-10-9-21-17-28(30(39)36-24-11-13-25(14-12-24)37-31-34-15-4-16-35-31)38(27(21)18-22)19-23-7-3-6-20-5-1-2-8-26(20)23/h20-28,31,34-35,37H,1-19H2,(H3,32,33)(H,36,39). The molecule has 8 nitrogen and oxygen atoms in total. The van der Waals surface area contributed by atoms with Gasteiger partial charge in [0.1, 0.15) is 6.29 Å². The van der Waals surface area contributed by atoms with E-state index in [1.807, 2.05) is 0 Å². The van der Waals surface area contributed by atoms with Crippen LogP contribution in [-0.4, -0.2) is 66.7 Å². The lowest BCUT2D eigenvalue weighted by molar-refractivity contribution is -0.127. The second-order valence-corrected chi connectivity index (χ2v) is 14.1. The molecule has 2 heterocycles. The van der Waals surface area contributed by atoms with Gasteiger partial charge in [0.15, 0.2) is 0 Å². The summed E-state index contributed by atoms with van der Waals surface area (Å²) in [5.41, 5.74) is 6.03. The van der Waals surface area contributed by atoms with E-state index in [9.17, 15) is 4.79 Å². The molecule has 6 rings (SSSR count). The summed E-state index contributed by atoms with van der Waals surface area (Å²) in [5.74, 6) is 3.93. The van der Waals surface area contributed by atoms with Gasteiger partial charge in [-0.25, -0.2) is 0 Å². The number of nitrogens with two attached hydrogens (primary N) is 1. The van der Waals surface area contributed by atoms with Gasteiger partial charge in [-0.05, 0) is 107 Å². The van der Waals surface area contributed by atoms with Crippen LogP contribution in [0.4, 0.5) is 0 Å². The summed E-state index contributed by atoms with van der Waals surface area (Å²) in [6.07, 6.45) is 19.7. The van der Waals surface area contributed by atoms with Crippen LogP contribution in [0.2, 0.25) is 0 Å². The molecule has 1 amide bonds. The number of rotatable bonds is 7. The van der Waals surface area contributed by atoms with E-state index in [0.717, 1.165) is 88.8 Å². The highest BCUT2D eigenvalue weighted by molar-refractivity contribution is 5.83. The van der Waals surface area contributed by atoms with E-state index in [0.29, 0.717) is 29.9 Å². The van der Waals surface area contributed by atoms with Crippen LogP contribution in [-0.2, 0) is 4.79 Å². The van der Waals surface area contributed by atoms with Crippen LogP contribution in [0.5, 0.6) is 0 Å². The molecule has 2 aliphatic heterocycles. The average molecular weight is 542 g/mol. The summed E-state index contributed by atoms with van der Waals surface area (Å²) in [4.78, 5) is 16.6. The summed E-state index contributed by atoms with van der Waals surface area (Å²) in [6, 6.07) is 1.24. The predicted octanol–water partition coefficient (Wildman–Crippen LogP) is 3.27. The normalized spacial score (nSPS) is 41.9. The lowest BCUT2D eigenvalue weighted by atomic mass is 9.65. The van der Waals surface area contributed by atoms with E-state index in [1.165, 1.54) is 51.4 Å². The maximum absolute atomic E-state index is 14.0. The molecule has 0 bridgehead atoms. The van der Waals surface area contributed by atoms with Crippen molar-refractivity contribution in [3.8, 4) is 0 Å². The van der Waals surface area contributed by atoms with Gasteiger partial charge in [0.25, 0.3) is 0 Å². The van der Waals surface area contributed by atoms with Crippen LogP contribution in [0, 0.1) is 35.0 Å². The zero-order valence-corrected chi connectivity index (χ0v) is 24.1. The fourth-order valence-corrected chi connectivity index (χ4v) is 9.62. The number of carbonyl (C=O) groups is 1. The Labute approximate surface area is 236 Å². The summed E-state index contributed by atoms with van der Waals surface area (Å²) in [5, 5.41) is 22.5.